The maximum absolute atomic E-state index is 5.42. The summed E-state index contributed by atoms with van der Waals surface area (Å²) in [6, 6.07) is 12.3. The molecule has 1 aromatic carbocycles. The van der Waals surface area contributed by atoms with E-state index in [1.165, 1.54) is 5.57 Å². The summed E-state index contributed by atoms with van der Waals surface area (Å²) in [6.45, 7) is 1.53. The number of rotatable bonds is 6. The Balaban J connectivity index is 1.47. The minimum Gasteiger partial charge on any atom is -0.495 e. The third-order valence-electron chi connectivity index (χ3n) is 5.54. The van der Waals surface area contributed by atoms with Gasteiger partial charge in [0, 0.05) is 61.1 Å². The quantitative estimate of drug-likeness (QED) is 0.444. The van der Waals surface area contributed by atoms with Crippen LogP contribution in [-0.4, -0.2) is 40.7 Å². The molecule has 0 unspecified atom stereocenters. The van der Waals surface area contributed by atoms with Gasteiger partial charge in [-0.15, -0.1) is 0 Å². The van der Waals surface area contributed by atoms with Crippen LogP contribution in [0.4, 0.5) is 5.69 Å². The van der Waals surface area contributed by atoms with Crippen molar-refractivity contribution in [1.82, 2.24) is 25.4 Å². The number of benzene rings is 1. The standard InChI is InChI=1S/C24H24N6O/c1-25-22-9-17(5-6-23(22)31-2)18-8-20-21(13-28-24(20)27-11-18)19-12-29-30(15-19)14-16-4-3-7-26-10-16/h3-11,13,15,25,29H,12,14H2,1-2H3,(H,27,28). The third-order valence-corrected chi connectivity index (χ3v) is 5.54. The summed E-state index contributed by atoms with van der Waals surface area (Å²) in [7, 11) is 3.57. The van der Waals surface area contributed by atoms with E-state index in [2.05, 4.69) is 61.2 Å². The molecule has 0 saturated carbocycles. The first-order chi connectivity index (χ1) is 15.2. The number of fused-ring (bicyclic) bond motifs is 1. The lowest BCUT2D eigenvalue weighted by Gasteiger charge is -2.14. The number of anilines is 1. The number of ether oxygens (including phenoxy) is 1. The van der Waals surface area contributed by atoms with Crippen LogP contribution in [-0.2, 0) is 6.54 Å². The predicted octanol–water partition coefficient (Wildman–Crippen LogP) is 4.04. The molecular formula is C24H24N6O. The van der Waals surface area contributed by atoms with E-state index >= 15 is 0 Å². The number of H-pyrrole nitrogens is 1. The molecule has 0 saturated heterocycles. The third kappa shape index (κ3) is 3.71. The first-order valence-electron chi connectivity index (χ1n) is 10.2. The average molecular weight is 412 g/mol. The maximum Gasteiger partial charge on any atom is 0.141 e. The minimum absolute atomic E-state index is 0.766. The van der Waals surface area contributed by atoms with E-state index < -0.39 is 0 Å². The lowest BCUT2D eigenvalue weighted by atomic mass is 10.0. The summed E-state index contributed by atoms with van der Waals surface area (Å²) in [5.74, 6) is 0.818. The summed E-state index contributed by atoms with van der Waals surface area (Å²) >= 11 is 0. The molecule has 3 aromatic heterocycles. The van der Waals surface area contributed by atoms with Gasteiger partial charge in [-0.2, -0.15) is 0 Å². The molecule has 4 heterocycles. The van der Waals surface area contributed by atoms with Gasteiger partial charge in [-0.05, 0) is 41.0 Å². The summed E-state index contributed by atoms with van der Waals surface area (Å²) in [5, 5.41) is 6.40. The number of pyridine rings is 2. The normalized spacial score (nSPS) is 13.5. The number of hydrogen-bond donors (Lipinski definition) is 3. The topological polar surface area (TPSA) is 78.1 Å². The van der Waals surface area contributed by atoms with Crippen molar-refractivity contribution in [3.63, 3.8) is 0 Å². The second-order valence-electron chi connectivity index (χ2n) is 7.47. The minimum atomic E-state index is 0.766. The number of nitrogens with one attached hydrogen (secondary N) is 3. The lowest BCUT2D eigenvalue weighted by molar-refractivity contribution is 0.298. The van der Waals surface area contributed by atoms with Crippen molar-refractivity contribution in [2.24, 2.45) is 0 Å². The number of nitrogens with zero attached hydrogens (tertiary/aromatic N) is 3. The Morgan fingerprint density at radius 3 is 2.90 bits per heavy atom. The van der Waals surface area contributed by atoms with Crippen LogP contribution in [0.15, 0.2) is 67.4 Å². The van der Waals surface area contributed by atoms with Gasteiger partial charge in [0.05, 0.1) is 19.3 Å². The number of aromatic nitrogens is 3. The van der Waals surface area contributed by atoms with E-state index in [4.69, 9.17) is 4.74 Å². The molecule has 5 rings (SSSR count). The fraction of sp³-hybridized carbons (Fsp3) is 0.167. The highest BCUT2D eigenvalue weighted by Gasteiger charge is 2.18. The Bertz CT molecular complexity index is 1250. The van der Waals surface area contributed by atoms with E-state index in [0.29, 0.717) is 0 Å². The number of hydrazine groups is 1. The highest BCUT2D eigenvalue weighted by Crippen LogP contribution is 2.33. The van der Waals surface area contributed by atoms with Gasteiger partial charge in [-0.25, -0.2) is 10.4 Å². The monoisotopic (exact) mass is 412 g/mol. The van der Waals surface area contributed by atoms with Gasteiger partial charge in [-0.1, -0.05) is 12.1 Å². The summed E-state index contributed by atoms with van der Waals surface area (Å²) < 4.78 is 5.42. The molecule has 3 N–H and O–H groups in total. The van der Waals surface area contributed by atoms with E-state index in [1.807, 2.05) is 37.8 Å². The van der Waals surface area contributed by atoms with Crippen molar-refractivity contribution in [3.05, 3.63) is 78.5 Å². The molecule has 0 amide bonds. The van der Waals surface area contributed by atoms with Crippen molar-refractivity contribution in [2.45, 2.75) is 6.54 Å². The zero-order valence-electron chi connectivity index (χ0n) is 17.5. The average Bonchev–Trinajstić information content (AvgIpc) is 3.45. The van der Waals surface area contributed by atoms with Gasteiger partial charge in [0.15, 0.2) is 0 Å². The molecule has 1 aliphatic rings. The van der Waals surface area contributed by atoms with E-state index in [-0.39, 0.29) is 0 Å². The summed E-state index contributed by atoms with van der Waals surface area (Å²) in [6.07, 6.45) is 9.79. The molecule has 0 radical (unpaired) electrons. The van der Waals surface area contributed by atoms with Crippen LogP contribution in [0, 0.1) is 0 Å². The SMILES string of the molecule is CNc1cc(-c2cnc3[nH]cc(C4=CN(Cc5cccnc5)NC4)c3c2)ccc1OC. The Morgan fingerprint density at radius 2 is 2.10 bits per heavy atom. The molecule has 1 aliphatic heterocycles. The smallest absolute Gasteiger partial charge is 0.141 e. The van der Waals surface area contributed by atoms with Crippen molar-refractivity contribution in [2.75, 3.05) is 26.0 Å². The Hall–Kier alpha value is -3.84. The number of methoxy groups -OCH3 is 1. The Labute approximate surface area is 180 Å². The summed E-state index contributed by atoms with van der Waals surface area (Å²) in [4.78, 5) is 12.2. The second kappa shape index (κ2) is 8.12. The first-order valence-corrected chi connectivity index (χ1v) is 10.2. The molecule has 0 fully saturated rings. The van der Waals surface area contributed by atoms with Crippen LogP contribution >= 0.6 is 0 Å². The van der Waals surface area contributed by atoms with Gasteiger partial charge in [0.2, 0.25) is 0 Å². The van der Waals surface area contributed by atoms with Crippen LogP contribution in [0.3, 0.4) is 0 Å². The predicted molar refractivity (Wildman–Crippen MR) is 123 cm³/mol. The molecule has 0 bridgehead atoms. The van der Waals surface area contributed by atoms with Crippen LogP contribution in [0.1, 0.15) is 11.1 Å². The summed E-state index contributed by atoms with van der Waals surface area (Å²) in [5.41, 5.74) is 11.0. The van der Waals surface area contributed by atoms with Gasteiger partial charge in [-0.3, -0.25) is 4.98 Å². The van der Waals surface area contributed by atoms with Crippen LogP contribution in [0.5, 0.6) is 5.75 Å². The van der Waals surface area contributed by atoms with Gasteiger partial charge < -0.3 is 20.0 Å². The molecule has 31 heavy (non-hydrogen) atoms. The molecule has 7 heteroatoms. The zero-order chi connectivity index (χ0) is 21.2. The maximum atomic E-state index is 5.42. The van der Waals surface area contributed by atoms with Crippen LogP contribution < -0.4 is 15.5 Å². The van der Waals surface area contributed by atoms with Gasteiger partial charge in [0.1, 0.15) is 11.4 Å². The molecule has 0 spiro atoms. The number of hydrogen-bond acceptors (Lipinski definition) is 6. The first kappa shape index (κ1) is 19.1. The van der Waals surface area contributed by atoms with E-state index in [1.54, 1.807) is 13.3 Å². The van der Waals surface area contributed by atoms with E-state index in [9.17, 15) is 0 Å². The van der Waals surface area contributed by atoms with Crippen molar-refractivity contribution in [1.29, 1.82) is 0 Å². The second-order valence-corrected chi connectivity index (χ2v) is 7.47. The Morgan fingerprint density at radius 1 is 1.16 bits per heavy atom. The highest BCUT2D eigenvalue weighted by atomic mass is 16.5. The van der Waals surface area contributed by atoms with Crippen molar-refractivity contribution in [3.8, 4) is 16.9 Å². The molecular weight excluding hydrogens is 388 g/mol. The van der Waals surface area contributed by atoms with Crippen molar-refractivity contribution < 1.29 is 4.74 Å². The lowest BCUT2D eigenvalue weighted by Crippen LogP contribution is -2.28. The molecule has 4 aromatic rings. The molecule has 0 atom stereocenters. The number of aromatic amines is 1. The Kier molecular flexibility index (Phi) is 5.01. The van der Waals surface area contributed by atoms with Gasteiger partial charge in [0.25, 0.3) is 0 Å². The fourth-order valence-corrected chi connectivity index (χ4v) is 3.93. The van der Waals surface area contributed by atoms with Crippen LogP contribution in [0.25, 0.3) is 27.7 Å². The van der Waals surface area contributed by atoms with Crippen LogP contribution in [0.2, 0.25) is 0 Å². The molecule has 0 aliphatic carbocycles. The van der Waals surface area contributed by atoms with E-state index in [0.717, 1.165) is 57.8 Å². The van der Waals surface area contributed by atoms with Crippen molar-refractivity contribution >= 4 is 22.3 Å². The zero-order valence-corrected chi connectivity index (χ0v) is 17.5. The molecule has 156 valence electrons. The van der Waals surface area contributed by atoms with Gasteiger partial charge >= 0.3 is 0 Å². The largest absolute Gasteiger partial charge is 0.495 e. The molecule has 7 nitrogen and oxygen atoms in total. The highest BCUT2D eigenvalue weighted by molar-refractivity contribution is 5.93. The fourth-order valence-electron chi connectivity index (χ4n) is 3.93.